The molecule has 4 N–H and O–H groups in total. The fraction of sp³-hybridized carbons (Fsp3) is 0.294. The van der Waals surface area contributed by atoms with E-state index in [1.807, 2.05) is 30.3 Å². The number of Topliss-reactive ketones (excluding diaryl/α,β-unsaturated/α-hetero) is 1. The average molecular weight is 531 g/mol. The number of rotatable bonds is 5. The number of aliphatic hydroxyl groups is 1. The lowest BCUT2D eigenvalue weighted by Gasteiger charge is -2.41. The molecule has 4 aromatic rings. The van der Waals surface area contributed by atoms with Gasteiger partial charge in [-0.15, -0.1) is 0 Å². The van der Waals surface area contributed by atoms with E-state index in [2.05, 4.69) is 74.0 Å². The quantitative estimate of drug-likeness (QED) is 0.233. The number of carbonyl (C=O) groups excluding carboxylic acids is 1. The smallest absolute Gasteiger partial charge is 0.201 e. The van der Waals surface area contributed by atoms with E-state index in [-0.39, 0.29) is 17.2 Å². The highest BCUT2D eigenvalue weighted by atomic mass is 16.3. The van der Waals surface area contributed by atoms with Crippen molar-refractivity contribution in [2.45, 2.75) is 64.7 Å². The van der Waals surface area contributed by atoms with Crippen LogP contribution in [-0.2, 0) is 4.79 Å². The highest BCUT2D eigenvalue weighted by Gasteiger charge is 2.40. The van der Waals surface area contributed by atoms with Crippen LogP contribution in [0.3, 0.4) is 0 Å². The van der Waals surface area contributed by atoms with E-state index < -0.39 is 5.66 Å². The molecular formula is C34H34N4O2. The Morgan fingerprint density at radius 1 is 0.725 bits per heavy atom. The van der Waals surface area contributed by atoms with Crippen molar-refractivity contribution in [3.8, 4) is 0 Å². The minimum atomic E-state index is -0.452. The lowest BCUT2D eigenvalue weighted by Crippen LogP contribution is -2.47. The SMILES string of the molecule is CCC1(CC)N=c2/c(=C3/C(=O)C(c4ccc5cccc6c5c4NC(CC)(CC)N6)=C3O)ccc3cccc(c23)N1. The van der Waals surface area contributed by atoms with Gasteiger partial charge in [0.25, 0.3) is 0 Å². The molecule has 0 radical (unpaired) electrons. The molecule has 2 aliphatic heterocycles. The molecule has 6 heteroatoms. The highest BCUT2D eigenvalue weighted by Crippen LogP contribution is 2.47. The van der Waals surface area contributed by atoms with Gasteiger partial charge < -0.3 is 21.1 Å². The number of ketones is 1. The summed E-state index contributed by atoms with van der Waals surface area (Å²) in [5, 5.41) is 28.3. The van der Waals surface area contributed by atoms with Crippen LogP contribution in [0.25, 0.3) is 32.7 Å². The van der Waals surface area contributed by atoms with Crippen LogP contribution in [0.1, 0.15) is 58.9 Å². The van der Waals surface area contributed by atoms with Crippen molar-refractivity contribution in [1.82, 2.24) is 0 Å². The lowest BCUT2D eigenvalue weighted by atomic mass is 9.79. The van der Waals surface area contributed by atoms with Crippen molar-refractivity contribution in [1.29, 1.82) is 0 Å². The zero-order valence-corrected chi connectivity index (χ0v) is 23.4. The molecule has 0 unspecified atom stereocenters. The molecule has 0 spiro atoms. The van der Waals surface area contributed by atoms with E-state index in [4.69, 9.17) is 4.99 Å². The lowest BCUT2D eigenvalue weighted by molar-refractivity contribution is -0.109. The Balaban J connectivity index is 1.50. The van der Waals surface area contributed by atoms with Gasteiger partial charge in [0.05, 0.1) is 22.2 Å². The summed E-state index contributed by atoms with van der Waals surface area (Å²) in [4.78, 5) is 19.2. The molecule has 7 rings (SSSR count). The van der Waals surface area contributed by atoms with Crippen molar-refractivity contribution < 1.29 is 9.90 Å². The van der Waals surface area contributed by atoms with Gasteiger partial charge >= 0.3 is 0 Å². The van der Waals surface area contributed by atoms with Crippen LogP contribution < -0.4 is 26.5 Å². The minimum absolute atomic E-state index is 0.0393. The Morgan fingerprint density at radius 2 is 1.38 bits per heavy atom. The topological polar surface area (TPSA) is 85.8 Å². The van der Waals surface area contributed by atoms with Crippen molar-refractivity contribution in [2.24, 2.45) is 4.99 Å². The van der Waals surface area contributed by atoms with Crippen LogP contribution in [0.15, 0.2) is 71.4 Å². The number of nitrogens with zero attached hydrogens (tertiary/aromatic N) is 1. The first-order valence-electron chi connectivity index (χ1n) is 14.4. The van der Waals surface area contributed by atoms with Gasteiger partial charge in [-0.05, 0) is 48.6 Å². The Labute approximate surface area is 233 Å². The van der Waals surface area contributed by atoms with E-state index in [0.717, 1.165) is 75.2 Å². The Bertz CT molecular complexity index is 1910. The van der Waals surface area contributed by atoms with Crippen LogP contribution in [0.4, 0.5) is 17.1 Å². The number of nitrogens with one attached hydrogen (secondary N) is 3. The summed E-state index contributed by atoms with van der Waals surface area (Å²) < 4.78 is 0. The summed E-state index contributed by atoms with van der Waals surface area (Å²) >= 11 is 0. The van der Waals surface area contributed by atoms with Crippen LogP contribution in [0.2, 0.25) is 0 Å². The van der Waals surface area contributed by atoms with Gasteiger partial charge in [0.2, 0.25) is 5.78 Å². The van der Waals surface area contributed by atoms with Gasteiger partial charge in [0, 0.05) is 32.9 Å². The van der Waals surface area contributed by atoms with Gasteiger partial charge in [0.1, 0.15) is 17.1 Å². The largest absolute Gasteiger partial charge is 0.506 e. The molecule has 202 valence electrons. The molecule has 0 fully saturated rings. The number of allylic oxidation sites excluding steroid dienone is 2. The van der Waals surface area contributed by atoms with E-state index in [1.165, 1.54) is 0 Å². The zero-order valence-electron chi connectivity index (χ0n) is 23.4. The molecule has 1 aliphatic carbocycles. The molecule has 0 saturated heterocycles. The third-order valence-corrected chi connectivity index (χ3v) is 9.34. The molecule has 2 heterocycles. The van der Waals surface area contributed by atoms with Gasteiger partial charge in [-0.25, -0.2) is 0 Å². The minimum Gasteiger partial charge on any atom is -0.506 e. The van der Waals surface area contributed by atoms with Gasteiger partial charge in [-0.3, -0.25) is 9.79 Å². The van der Waals surface area contributed by atoms with Gasteiger partial charge in [0.15, 0.2) is 0 Å². The molecule has 0 saturated carbocycles. The van der Waals surface area contributed by atoms with Crippen LogP contribution >= 0.6 is 0 Å². The van der Waals surface area contributed by atoms with Crippen molar-refractivity contribution in [2.75, 3.05) is 16.0 Å². The Kier molecular flexibility index (Phi) is 5.30. The molecule has 0 amide bonds. The summed E-state index contributed by atoms with van der Waals surface area (Å²) in [6.07, 6.45) is 3.34. The van der Waals surface area contributed by atoms with Crippen molar-refractivity contribution in [3.05, 3.63) is 82.6 Å². The van der Waals surface area contributed by atoms with Crippen molar-refractivity contribution in [3.63, 3.8) is 0 Å². The first-order chi connectivity index (χ1) is 19.4. The number of hydrogen-bond donors (Lipinski definition) is 4. The molecule has 0 bridgehead atoms. The van der Waals surface area contributed by atoms with E-state index in [0.29, 0.717) is 16.4 Å². The molecule has 4 aromatic carbocycles. The second kappa shape index (κ2) is 8.59. The summed E-state index contributed by atoms with van der Waals surface area (Å²) in [5.41, 5.74) is 3.63. The molecular weight excluding hydrogens is 496 g/mol. The fourth-order valence-corrected chi connectivity index (χ4v) is 6.72. The van der Waals surface area contributed by atoms with Gasteiger partial charge in [-0.2, -0.15) is 0 Å². The molecule has 0 atom stereocenters. The average Bonchev–Trinajstić information content (AvgIpc) is 2.99. The number of aliphatic hydroxyl groups excluding tert-OH is 1. The number of hydrogen-bond acceptors (Lipinski definition) is 6. The summed E-state index contributed by atoms with van der Waals surface area (Å²) in [7, 11) is 0. The van der Waals surface area contributed by atoms with E-state index in [9.17, 15) is 9.90 Å². The normalized spacial score (nSPS) is 19.4. The molecule has 3 aliphatic rings. The zero-order chi connectivity index (χ0) is 27.8. The first kappa shape index (κ1) is 24.7. The third-order valence-electron chi connectivity index (χ3n) is 9.34. The maximum absolute atomic E-state index is 14.0. The molecule has 6 nitrogen and oxygen atoms in total. The first-order valence-corrected chi connectivity index (χ1v) is 14.4. The summed E-state index contributed by atoms with van der Waals surface area (Å²) in [6.45, 7) is 8.55. The monoisotopic (exact) mass is 530 g/mol. The molecule has 0 aromatic heterocycles. The number of benzene rings is 4. The van der Waals surface area contributed by atoms with Crippen LogP contribution in [0.5, 0.6) is 0 Å². The number of anilines is 3. The predicted octanol–water partition coefficient (Wildman–Crippen LogP) is 6.61. The Hall–Kier alpha value is -4.32. The van der Waals surface area contributed by atoms with E-state index in [1.54, 1.807) is 0 Å². The summed E-state index contributed by atoms with van der Waals surface area (Å²) in [6, 6.07) is 20.3. The molecule has 40 heavy (non-hydrogen) atoms. The maximum Gasteiger partial charge on any atom is 0.201 e. The maximum atomic E-state index is 14.0. The summed E-state index contributed by atoms with van der Waals surface area (Å²) in [5.74, 6) is -0.109. The Morgan fingerprint density at radius 3 is 2.02 bits per heavy atom. The third kappa shape index (κ3) is 3.22. The van der Waals surface area contributed by atoms with E-state index >= 15 is 0 Å². The van der Waals surface area contributed by atoms with Crippen molar-refractivity contribution >= 4 is 55.5 Å². The second-order valence-electron chi connectivity index (χ2n) is 11.2. The van der Waals surface area contributed by atoms with Gasteiger partial charge in [-0.1, -0.05) is 76.2 Å². The fourth-order valence-electron chi connectivity index (χ4n) is 6.72. The standard InChI is InChI=1S/C34H34N4O2/c1-5-33(6-2)35-23-13-9-11-19-15-17-21(29(37-33)25(19)23)27-31(39)28(32(27)40)22-18-16-20-12-10-14-24-26(20)30(22)38-34(7-3,8-4)36-24/h9-18,35-37,39H,5-8H2,1-4H3/b28-22+. The van der Waals surface area contributed by atoms with Crippen LogP contribution in [0, 0.1) is 0 Å². The predicted molar refractivity (Wildman–Crippen MR) is 164 cm³/mol. The second-order valence-corrected chi connectivity index (χ2v) is 11.2. The highest BCUT2D eigenvalue weighted by molar-refractivity contribution is 6.52. The van der Waals surface area contributed by atoms with Crippen LogP contribution in [-0.4, -0.2) is 22.2 Å². The number of carbonyl (C=O) groups is 1.